The summed E-state index contributed by atoms with van der Waals surface area (Å²) in [7, 11) is 0. The maximum absolute atomic E-state index is 2.84. The molecule has 30 heavy (non-hydrogen) atoms. The Morgan fingerprint density at radius 1 is 0.567 bits per heavy atom. The molecule has 3 aliphatic rings. The SMILES string of the molecule is CC(C)CN(CC(C)C)CC1CC2CC1C1C(CN(CC(C)C)CC(C)C)CCC21. The summed E-state index contributed by atoms with van der Waals surface area (Å²) >= 11 is 0. The first-order chi connectivity index (χ1) is 14.1. The van der Waals surface area contributed by atoms with Gasteiger partial charge in [0.25, 0.3) is 0 Å². The van der Waals surface area contributed by atoms with E-state index in [1.807, 2.05) is 0 Å². The van der Waals surface area contributed by atoms with E-state index in [0.717, 1.165) is 59.2 Å². The fraction of sp³-hybridized carbons (Fsp3) is 1.00. The van der Waals surface area contributed by atoms with Crippen LogP contribution in [0, 0.1) is 59.2 Å². The van der Waals surface area contributed by atoms with Gasteiger partial charge < -0.3 is 9.80 Å². The Hall–Kier alpha value is -0.0800. The van der Waals surface area contributed by atoms with E-state index in [1.54, 1.807) is 19.3 Å². The van der Waals surface area contributed by atoms with Crippen molar-refractivity contribution in [2.75, 3.05) is 39.3 Å². The molecule has 0 heterocycles. The van der Waals surface area contributed by atoms with Crippen LogP contribution < -0.4 is 0 Å². The molecule has 0 aromatic heterocycles. The summed E-state index contributed by atoms with van der Waals surface area (Å²) in [6, 6.07) is 0. The lowest BCUT2D eigenvalue weighted by molar-refractivity contribution is 0.0843. The minimum Gasteiger partial charge on any atom is -0.303 e. The summed E-state index contributed by atoms with van der Waals surface area (Å²) in [5.41, 5.74) is 0. The van der Waals surface area contributed by atoms with Crippen LogP contribution in [0.1, 0.15) is 81.1 Å². The molecule has 2 nitrogen and oxygen atoms in total. The van der Waals surface area contributed by atoms with Crippen LogP contribution in [0.4, 0.5) is 0 Å². The molecule has 6 unspecified atom stereocenters. The first-order valence-corrected chi connectivity index (χ1v) is 13.6. The van der Waals surface area contributed by atoms with Gasteiger partial charge in [0, 0.05) is 39.3 Å². The lowest BCUT2D eigenvalue weighted by atomic mass is 9.72. The van der Waals surface area contributed by atoms with Crippen LogP contribution in [-0.2, 0) is 0 Å². The van der Waals surface area contributed by atoms with Crippen molar-refractivity contribution in [3.63, 3.8) is 0 Å². The molecule has 2 bridgehead atoms. The maximum atomic E-state index is 2.84. The van der Waals surface area contributed by atoms with Gasteiger partial charge in [0.2, 0.25) is 0 Å². The van der Waals surface area contributed by atoms with Gasteiger partial charge in [0.15, 0.2) is 0 Å². The summed E-state index contributed by atoms with van der Waals surface area (Å²) < 4.78 is 0. The van der Waals surface area contributed by atoms with Gasteiger partial charge >= 0.3 is 0 Å². The van der Waals surface area contributed by atoms with Gasteiger partial charge in [-0.3, -0.25) is 0 Å². The predicted molar refractivity (Wildman–Crippen MR) is 132 cm³/mol. The zero-order valence-electron chi connectivity index (χ0n) is 21.7. The monoisotopic (exact) mass is 418 g/mol. The molecule has 3 saturated carbocycles. The Kier molecular flexibility index (Phi) is 8.75. The molecule has 0 aromatic carbocycles. The van der Waals surface area contributed by atoms with Gasteiger partial charge in [-0.2, -0.15) is 0 Å². The molecule has 2 heteroatoms. The average molecular weight is 419 g/mol. The molecule has 0 radical (unpaired) electrons. The number of hydrogen-bond donors (Lipinski definition) is 0. The number of nitrogens with zero attached hydrogens (tertiary/aromatic N) is 2. The molecular weight excluding hydrogens is 364 g/mol. The van der Waals surface area contributed by atoms with E-state index >= 15 is 0 Å². The van der Waals surface area contributed by atoms with Gasteiger partial charge in [-0.15, -0.1) is 0 Å². The Bertz CT molecular complexity index is 491. The minimum atomic E-state index is 0.786. The van der Waals surface area contributed by atoms with E-state index in [-0.39, 0.29) is 0 Å². The highest BCUT2D eigenvalue weighted by Gasteiger charge is 2.57. The zero-order chi connectivity index (χ0) is 22.0. The fourth-order valence-electron chi connectivity index (χ4n) is 7.98. The topological polar surface area (TPSA) is 6.48 Å². The second kappa shape index (κ2) is 10.7. The smallest absolute Gasteiger partial charge is 0.00127 e. The van der Waals surface area contributed by atoms with Crippen molar-refractivity contribution in [2.45, 2.75) is 81.1 Å². The van der Waals surface area contributed by atoms with E-state index in [0.29, 0.717) is 0 Å². The Morgan fingerprint density at radius 2 is 1.03 bits per heavy atom. The third-order valence-corrected chi connectivity index (χ3v) is 8.27. The van der Waals surface area contributed by atoms with Crippen molar-refractivity contribution >= 4 is 0 Å². The molecule has 3 fully saturated rings. The first kappa shape index (κ1) is 24.6. The van der Waals surface area contributed by atoms with Crippen molar-refractivity contribution in [1.82, 2.24) is 9.80 Å². The zero-order valence-corrected chi connectivity index (χ0v) is 21.7. The summed E-state index contributed by atoms with van der Waals surface area (Å²) in [4.78, 5) is 5.68. The molecule has 0 aromatic rings. The van der Waals surface area contributed by atoms with E-state index in [2.05, 4.69) is 65.2 Å². The average Bonchev–Trinajstić information content (AvgIpc) is 3.25. The quantitative estimate of drug-likeness (QED) is 0.356. The van der Waals surface area contributed by atoms with Crippen LogP contribution >= 0.6 is 0 Å². The molecule has 176 valence electrons. The molecule has 3 rings (SSSR count). The molecule has 0 amide bonds. The Morgan fingerprint density at radius 3 is 1.50 bits per heavy atom. The normalized spacial score (nSPS) is 33.4. The molecule has 0 aliphatic heterocycles. The van der Waals surface area contributed by atoms with E-state index < -0.39 is 0 Å². The molecule has 0 saturated heterocycles. The molecule has 0 N–H and O–H groups in total. The van der Waals surface area contributed by atoms with Gasteiger partial charge in [0.05, 0.1) is 0 Å². The van der Waals surface area contributed by atoms with Crippen molar-refractivity contribution < 1.29 is 0 Å². The summed E-state index contributed by atoms with van der Waals surface area (Å²) in [5.74, 6) is 9.35. The third kappa shape index (κ3) is 6.25. The van der Waals surface area contributed by atoms with Gasteiger partial charge in [-0.25, -0.2) is 0 Å². The van der Waals surface area contributed by atoms with Gasteiger partial charge in [-0.1, -0.05) is 55.4 Å². The van der Waals surface area contributed by atoms with Gasteiger partial charge in [0.1, 0.15) is 0 Å². The van der Waals surface area contributed by atoms with Crippen LogP contribution in [0.5, 0.6) is 0 Å². The minimum absolute atomic E-state index is 0.786. The molecule has 0 spiro atoms. The van der Waals surface area contributed by atoms with E-state index in [4.69, 9.17) is 0 Å². The van der Waals surface area contributed by atoms with Crippen molar-refractivity contribution in [3.05, 3.63) is 0 Å². The van der Waals surface area contributed by atoms with Crippen molar-refractivity contribution in [2.24, 2.45) is 59.2 Å². The highest BCUT2D eigenvalue weighted by atomic mass is 15.1. The largest absolute Gasteiger partial charge is 0.303 e. The van der Waals surface area contributed by atoms with Crippen LogP contribution in [0.3, 0.4) is 0 Å². The van der Waals surface area contributed by atoms with Crippen molar-refractivity contribution in [1.29, 1.82) is 0 Å². The number of fused-ring (bicyclic) bond motifs is 5. The van der Waals surface area contributed by atoms with Crippen molar-refractivity contribution in [3.8, 4) is 0 Å². The third-order valence-electron chi connectivity index (χ3n) is 8.27. The number of rotatable bonds is 12. The van der Waals surface area contributed by atoms with Crippen LogP contribution in [0.15, 0.2) is 0 Å². The van der Waals surface area contributed by atoms with Crippen LogP contribution in [0.25, 0.3) is 0 Å². The fourth-order valence-corrected chi connectivity index (χ4v) is 7.98. The second-order valence-corrected chi connectivity index (χ2v) is 13.2. The van der Waals surface area contributed by atoms with E-state index in [1.165, 1.54) is 45.7 Å². The second-order valence-electron chi connectivity index (χ2n) is 13.2. The highest BCUT2D eigenvalue weighted by Crippen LogP contribution is 2.63. The maximum Gasteiger partial charge on any atom is 0.00127 e. The van der Waals surface area contributed by atoms with Gasteiger partial charge in [-0.05, 0) is 84.9 Å². The number of hydrogen-bond acceptors (Lipinski definition) is 2. The molecule has 3 aliphatic carbocycles. The summed E-state index contributed by atoms with van der Waals surface area (Å²) in [6.07, 6.45) is 6.18. The van der Waals surface area contributed by atoms with Crippen LogP contribution in [-0.4, -0.2) is 49.1 Å². The summed E-state index contributed by atoms with van der Waals surface area (Å²) in [6.45, 7) is 27.1. The van der Waals surface area contributed by atoms with Crippen LogP contribution in [0.2, 0.25) is 0 Å². The lowest BCUT2D eigenvalue weighted by Crippen LogP contribution is -2.42. The molecular formula is C28H54N2. The predicted octanol–water partition coefficient (Wildman–Crippen LogP) is 6.51. The molecule has 6 atom stereocenters. The summed E-state index contributed by atoms with van der Waals surface area (Å²) in [5, 5.41) is 0. The first-order valence-electron chi connectivity index (χ1n) is 13.6. The van der Waals surface area contributed by atoms with E-state index in [9.17, 15) is 0 Å². The Labute approximate surface area is 189 Å². The highest BCUT2D eigenvalue weighted by molar-refractivity contribution is 5.06. The Balaban J connectivity index is 1.64. The lowest BCUT2D eigenvalue weighted by Gasteiger charge is -2.39. The standard InChI is InChI=1S/C28H54N2/c1-19(2)13-29(14-20(3)4)17-23-9-10-26-24-11-25(27(12-24)28(23)26)18-30(15-21(5)6)16-22(7)8/h19-28H,9-18H2,1-8H3.